The summed E-state index contributed by atoms with van der Waals surface area (Å²) in [5.74, 6) is -0.245. The van der Waals surface area contributed by atoms with Crippen LogP contribution in [-0.2, 0) is 20.8 Å². The molecule has 26 heavy (non-hydrogen) atoms. The summed E-state index contributed by atoms with van der Waals surface area (Å²) < 4.78 is 17.9. The van der Waals surface area contributed by atoms with E-state index in [1.165, 1.54) is 18.4 Å². The molecule has 3 heterocycles. The van der Waals surface area contributed by atoms with Crippen molar-refractivity contribution in [1.82, 2.24) is 4.57 Å². The SMILES string of the molecule is Cc1cc(C(=O)COC(=O)/C=C/c2ccco2)c(C)n1CC1CCCO1. The molecule has 0 spiro atoms. The van der Waals surface area contributed by atoms with Gasteiger partial charge in [0.05, 0.1) is 12.4 Å². The number of aromatic nitrogens is 1. The highest BCUT2D eigenvalue weighted by Crippen LogP contribution is 2.20. The molecule has 138 valence electrons. The Hall–Kier alpha value is -2.60. The van der Waals surface area contributed by atoms with Crippen molar-refractivity contribution in [2.24, 2.45) is 0 Å². The summed E-state index contributed by atoms with van der Waals surface area (Å²) in [6.07, 6.45) is 6.58. The zero-order chi connectivity index (χ0) is 18.5. The van der Waals surface area contributed by atoms with Crippen LogP contribution in [-0.4, -0.2) is 35.6 Å². The third-order valence-electron chi connectivity index (χ3n) is 4.56. The van der Waals surface area contributed by atoms with Gasteiger partial charge in [-0.15, -0.1) is 0 Å². The van der Waals surface area contributed by atoms with E-state index in [1.54, 1.807) is 12.1 Å². The van der Waals surface area contributed by atoms with Gasteiger partial charge < -0.3 is 18.5 Å². The van der Waals surface area contributed by atoms with Crippen LogP contribution in [0.1, 0.15) is 40.3 Å². The van der Waals surface area contributed by atoms with Gasteiger partial charge in [0.15, 0.2) is 6.61 Å². The number of furan rings is 1. The van der Waals surface area contributed by atoms with Crippen molar-refractivity contribution in [2.45, 2.75) is 39.3 Å². The quantitative estimate of drug-likeness (QED) is 0.432. The third kappa shape index (κ3) is 4.32. The fraction of sp³-hybridized carbons (Fsp3) is 0.400. The molecule has 1 aliphatic rings. The second-order valence-corrected chi connectivity index (χ2v) is 6.41. The van der Waals surface area contributed by atoms with Gasteiger partial charge in [0.2, 0.25) is 5.78 Å². The van der Waals surface area contributed by atoms with Crippen LogP contribution in [0, 0.1) is 13.8 Å². The molecule has 1 saturated heterocycles. The maximum Gasteiger partial charge on any atom is 0.331 e. The summed E-state index contributed by atoms with van der Waals surface area (Å²) in [5, 5.41) is 0. The highest BCUT2D eigenvalue weighted by atomic mass is 16.5. The highest BCUT2D eigenvalue weighted by Gasteiger charge is 2.21. The molecule has 0 aliphatic carbocycles. The van der Waals surface area contributed by atoms with Gasteiger partial charge in [-0.25, -0.2) is 4.79 Å². The van der Waals surface area contributed by atoms with Crippen molar-refractivity contribution in [3.8, 4) is 0 Å². The molecule has 0 saturated carbocycles. The number of ether oxygens (including phenoxy) is 2. The van der Waals surface area contributed by atoms with Gasteiger partial charge in [-0.2, -0.15) is 0 Å². The summed E-state index contributed by atoms with van der Waals surface area (Å²) in [4.78, 5) is 24.2. The Labute approximate surface area is 152 Å². The second-order valence-electron chi connectivity index (χ2n) is 6.41. The molecule has 2 aromatic rings. The molecule has 1 unspecified atom stereocenters. The minimum absolute atomic E-state index is 0.201. The molecule has 0 aromatic carbocycles. The van der Waals surface area contributed by atoms with Crippen LogP contribution in [0.4, 0.5) is 0 Å². The van der Waals surface area contributed by atoms with Gasteiger partial charge in [-0.05, 0) is 51.0 Å². The Morgan fingerprint density at radius 3 is 2.92 bits per heavy atom. The van der Waals surface area contributed by atoms with Crippen molar-refractivity contribution >= 4 is 17.8 Å². The maximum absolute atomic E-state index is 12.4. The summed E-state index contributed by atoms with van der Waals surface area (Å²) in [6, 6.07) is 5.29. The van der Waals surface area contributed by atoms with E-state index in [0.717, 1.165) is 37.4 Å². The molecule has 6 heteroatoms. The van der Waals surface area contributed by atoms with E-state index in [9.17, 15) is 9.59 Å². The number of carbonyl (C=O) groups is 2. The van der Waals surface area contributed by atoms with Crippen molar-refractivity contribution in [2.75, 3.05) is 13.2 Å². The lowest BCUT2D eigenvalue weighted by atomic mass is 10.1. The van der Waals surface area contributed by atoms with E-state index < -0.39 is 5.97 Å². The number of nitrogens with zero attached hydrogens (tertiary/aromatic N) is 1. The summed E-state index contributed by atoms with van der Waals surface area (Å²) in [5.41, 5.74) is 2.47. The largest absolute Gasteiger partial charge is 0.465 e. The zero-order valence-corrected chi connectivity index (χ0v) is 15.1. The van der Waals surface area contributed by atoms with E-state index >= 15 is 0 Å². The van der Waals surface area contributed by atoms with Gasteiger partial charge >= 0.3 is 5.97 Å². The van der Waals surface area contributed by atoms with Gasteiger partial charge in [-0.1, -0.05) is 0 Å². The molecule has 0 bridgehead atoms. The molecule has 1 aliphatic heterocycles. The Kier molecular flexibility index (Phi) is 5.73. The molecule has 0 amide bonds. The number of hydrogen-bond acceptors (Lipinski definition) is 5. The van der Waals surface area contributed by atoms with Crippen molar-refractivity contribution in [3.05, 3.63) is 53.2 Å². The van der Waals surface area contributed by atoms with Gasteiger partial charge in [0.1, 0.15) is 5.76 Å². The predicted octanol–water partition coefficient (Wildman–Crippen LogP) is 3.32. The van der Waals surface area contributed by atoms with Crippen molar-refractivity contribution in [1.29, 1.82) is 0 Å². The van der Waals surface area contributed by atoms with E-state index in [-0.39, 0.29) is 18.5 Å². The van der Waals surface area contributed by atoms with Crippen LogP contribution in [0.25, 0.3) is 6.08 Å². The molecule has 1 atom stereocenters. The Balaban J connectivity index is 1.58. The summed E-state index contributed by atoms with van der Waals surface area (Å²) in [7, 11) is 0. The molecule has 0 N–H and O–H groups in total. The van der Waals surface area contributed by atoms with E-state index in [0.29, 0.717) is 11.3 Å². The molecular weight excluding hydrogens is 334 g/mol. The van der Waals surface area contributed by atoms with Crippen LogP contribution >= 0.6 is 0 Å². The number of aryl methyl sites for hydroxylation is 1. The van der Waals surface area contributed by atoms with Gasteiger partial charge in [-0.3, -0.25) is 4.79 Å². The van der Waals surface area contributed by atoms with Gasteiger partial charge in [0, 0.05) is 36.2 Å². The monoisotopic (exact) mass is 357 g/mol. The summed E-state index contributed by atoms with van der Waals surface area (Å²) >= 11 is 0. The van der Waals surface area contributed by atoms with E-state index in [2.05, 4.69) is 4.57 Å². The number of ketones is 1. The summed E-state index contributed by atoms with van der Waals surface area (Å²) in [6.45, 7) is 5.14. The Morgan fingerprint density at radius 1 is 1.38 bits per heavy atom. The first-order valence-electron chi connectivity index (χ1n) is 8.74. The molecule has 2 aromatic heterocycles. The number of carbonyl (C=O) groups excluding carboxylic acids is 2. The van der Waals surface area contributed by atoms with Crippen LogP contribution in [0.15, 0.2) is 35.0 Å². The fourth-order valence-corrected chi connectivity index (χ4v) is 3.16. The predicted molar refractivity (Wildman–Crippen MR) is 95.9 cm³/mol. The van der Waals surface area contributed by atoms with Crippen molar-refractivity contribution < 1.29 is 23.5 Å². The lowest BCUT2D eigenvalue weighted by molar-refractivity contribution is -0.136. The average molecular weight is 357 g/mol. The normalized spacial score (nSPS) is 17.1. The first-order chi connectivity index (χ1) is 12.5. The number of rotatable bonds is 7. The number of hydrogen-bond donors (Lipinski definition) is 0. The van der Waals surface area contributed by atoms with Crippen LogP contribution in [0.5, 0.6) is 0 Å². The second kappa shape index (κ2) is 8.19. The maximum atomic E-state index is 12.4. The molecular formula is C20H23NO5. The van der Waals surface area contributed by atoms with Crippen LogP contribution < -0.4 is 0 Å². The molecule has 0 radical (unpaired) electrons. The Bertz CT molecular complexity index is 795. The smallest absolute Gasteiger partial charge is 0.331 e. The lowest BCUT2D eigenvalue weighted by Crippen LogP contribution is -2.18. The highest BCUT2D eigenvalue weighted by molar-refractivity contribution is 6.00. The van der Waals surface area contributed by atoms with E-state index in [4.69, 9.17) is 13.9 Å². The van der Waals surface area contributed by atoms with E-state index in [1.807, 2.05) is 19.9 Å². The Morgan fingerprint density at radius 2 is 2.23 bits per heavy atom. The number of Topliss-reactive ketones (excluding diaryl/α,β-unsaturated/α-hetero) is 1. The average Bonchev–Trinajstić information content (AvgIpc) is 3.37. The van der Waals surface area contributed by atoms with Crippen LogP contribution in [0.3, 0.4) is 0 Å². The van der Waals surface area contributed by atoms with Gasteiger partial charge in [0.25, 0.3) is 0 Å². The first kappa shape index (κ1) is 18.2. The fourth-order valence-electron chi connectivity index (χ4n) is 3.16. The minimum atomic E-state index is -0.581. The zero-order valence-electron chi connectivity index (χ0n) is 15.1. The minimum Gasteiger partial charge on any atom is -0.465 e. The molecule has 1 fully saturated rings. The topological polar surface area (TPSA) is 70.7 Å². The standard InChI is InChI=1S/C20H23NO5/c1-14-11-18(15(2)21(14)12-17-6-4-10-25-17)19(22)13-26-20(23)8-7-16-5-3-9-24-16/h3,5,7-9,11,17H,4,6,10,12-13H2,1-2H3/b8-7+. The third-order valence-corrected chi connectivity index (χ3v) is 4.56. The first-order valence-corrected chi connectivity index (χ1v) is 8.74. The lowest BCUT2D eigenvalue weighted by Gasteiger charge is -2.14. The number of esters is 1. The van der Waals surface area contributed by atoms with Crippen molar-refractivity contribution in [3.63, 3.8) is 0 Å². The molecule has 3 rings (SSSR count). The molecule has 6 nitrogen and oxygen atoms in total. The van der Waals surface area contributed by atoms with Crippen LogP contribution in [0.2, 0.25) is 0 Å².